The highest BCUT2D eigenvalue weighted by atomic mass is 79.9. The number of nitrogens with one attached hydrogen (secondary N) is 1. The van der Waals surface area contributed by atoms with E-state index in [0.29, 0.717) is 17.7 Å². The molecule has 108 valence electrons. The van der Waals surface area contributed by atoms with Crippen molar-refractivity contribution >= 4 is 54.8 Å². The van der Waals surface area contributed by atoms with Crippen molar-refractivity contribution < 1.29 is 9.90 Å². The summed E-state index contributed by atoms with van der Waals surface area (Å²) < 4.78 is 1.69. The number of carbonyl (C=O) groups excluding carboxylic acids is 1. The van der Waals surface area contributed by atoms with Gasteiger partial charge in [0.1, 0.15) is 0 Å². The number of anilines is 1. The van der Waals surface area contributed by atoms with Crippen LogP contribution in [0.4, 0.5) is 5.69 Å². The number of halogens is 2. The van der Waals surface area contributed by atoms with Crippen LogP contribution in [0, 0.1) is 11.8 Å². The third-order valence-electron chi connectivity index (χ3n) is 2.51. The SMILES string of the molecule is O=C(Nc1ccc(C#CCCO)cc1)c1cc(Br)sc1Br. The Morgan fingerprint density at radius 3 is 2.57 bits per heavy atom. The van der Waals surface area contributed by atoms with E-state index < -0.39 is 0 Å². The lowest BCUT2D eigenvalue weighted by Gasteiger charge is -2.04. The number of hydrogen-bond donors (Lipinski definition) is 2. The van der Waals surface area contributed by atoms with E-state index in [9.17, 15) is 4.79 Å². The van der Waals surface area contributed by atoms with E-state index in [2.05, 4.69) is 49.0 Å². The molecule has 0 spiro atoms. The normalized spacial score (nSPS) is 9.86. The third kappa shape index (κ3) is 4.68. The molecule has 6 heteroatoms. The zero-order valence-electron chi connectivity index (χ0n) is 10.8. The summed E-state index contributed by atoms with van der Waals surface area (Å²) in [6, 6.07) is 9.04. The molecule has 2 N–H and O–H groups in total. The van der Waals surface area contributed by atoms with Gasteiger partial charge in [-0.15, -0.1) is 11.3 Å². The molecule has 0 aliphatic heterocycles. The zero-order valence-corrected chi connectivity index (χ0v) is 14.8. The minimum Gasteiger partial charge on any atom is -0.395 e. The van der Waals surface area contributed by atoms with Crippen LogP contribution in [-0.2, 0) is 0 Å². The number of hydrogen-bond acceptors (Lipinski definition) is 3. The standard InChI is InChI=1S/C15H11Br2NO2S/c16-13-9-12(14(17)21-13)15(20)18-11-6-4-10(5-7-11)3-1-2-8-19/h4-7,9,19H,2,8H2,(H,18,20). The fourth-order valence-corrected chi connectivity index (χ4v) is 4.34. The lowest BCUT2D eigenvalue weighted by molar-refractivity contribution is 0.102. The van der Waals surface area contributed by atoms with Crippen LogP contribution in [0.5, 0.6) is 0 Å². The summed E-state index contributed by atoms with van der Waals surface area (Å²) >= 11 is 8.17. The molecule has 0 radical (unpaired) electrons. The van der Waals surface area contributed by atoms with E-state index in [-0.39, 0.29) is 12.5 Å². The van der Waals surface area contributed by atoms with Crippen LogP contribution in [0.15, 0.2) is 37.9 Å². The topological polar surface area (TPSA) is 49.3 Å². The second-order valence-corrected chi connectivity index (χ2v) is 7.79. The van der Waals surface area contributed by atoms with Gasteiger partial charge < -0.3 is 10.4 Å². The van der Waals surface area contributed by atoms with E-state index in [0.717, 1.165) is 13.1 Å². The number of amides is 1. The molecule has 3 nitrogen and oxygen atoms in total. The van der Waals surface area contributed by atoms with Gasteiger partial charge in [0.2, 0.25) is 0 Å². The van der Waals surface area contributed by atoms with E-state index in [1.165, 1.54) is 11.3 Å². The molecule has 1 aromatic carbocycles. The molecule has 2 rings (SSSR count). The Bertz CT molecular complexity index is 699. The lowest BCUT2D eigenvalue weighted by Crippen LogP contribution is -2.11. The van der Waals surface area contributed by atoms with Gasteiger partial charge in [-0.3, -0.25) is 4.79 Å². The van der Waals surface area contributed by atoms with Crippen LogP contribution in [0.25, 0.3) is 0 Å². The van der Waals surface area contributed by atoms with Gasteiger partial charge >= 0.3 is 0 Å². The van der Waals surface area contributed by atoms with Crippen molar-refractivity contribution in [1.82, 2.24) is 0 Å². The predicted molar refractivity (Wildman–Crippen MR) is 92.7 cm³/mol. The summed E-state index contributed by atoms with van der Waals surface area (Å²) in [5.74, 6) is 5.62. The first-order chi connectivity index (χ1) is 10.1. The van der Waals surface area contributed by atoms with E-state index >= 15 is 0 Å². The maximum Gasteiger partial charge on any atom is 0.257 e. The monoisotopic (exact) mass is 427 g/mol. The van der Waals surface area contributed by atoms with Crippen molar-refractivity contribution in [1.29, 1.82) is 0 Å². The Hall–Kier alpha value is -1.13. The lowest BCUT2D eigenvalue weighted by atomic mass is 10.2. The maximum atomic E-state index is 12.1. The van der Waals surface area contributed by atoms with Crippen LogP contribution in [0.1, 0.15) is 22.3 Å². The Labute approximate surface area is 143 Å². The van der Waals surface area contributed by atoms with Gasteiger partial charge in [-0.1, -0.05) is 11.8 Å². The summed E-state index contributed by atoms with van der Waals surface area (Å²) in [7, 11) is 0. The van der Waals surface area contributed by atoms with Crippen molar-refractivity contribution in [2.24, 2.45) is 0 Å². The maximum absolute atomic E-state index is 12.1. The molecule has 0 saturated carbocycles. The van der Waals surface area contributed by atoms with Crippen molar-refractivity contribution in [2.75, 3.05) is 11.9 Å². The van der Waals surface area contributed by atoms with Gasteiger partial charge in [-0.25, -0.2) is 0 Å². The first kappa shape index (κ1) is 16.2. The fraction of sp³-hybridized carbons (Fsp3) is 0.133. The number of thiophene rings is 1. The quantitative estimate of drug-likeness (QED) is 0.717. The summed E-state index contributed by atoms with van der Waals surface area (Å²) in [4.78, 5) is 12.1. The molecule has 0 saturated heterocycles. The predicted octanol–water partition coefficient (Wildman–Crippen LogP) is 4.26. The highest BCUT2D eigenvalue weighted by molar-refractivity contribution is 9.12. The first-order valence-corrected chi connectivity index (χ1v) is 8.46. The van der Waals surface area contributed by atoms with Gasteiger partial charge in [0.25, 0.3) is 5.91 Å². The Morgan fingerprint density at radius 2 is 2.00 bits per heavy atom. The molecule has 1 amide bonds. The van der Waals surface area contributed by atoms with E-state index in [1.807, 2.05) is 12.1 Å². The van der Waals surface area contributed by atoms with Crippen molar-refractivity contribution in [3.8, 4) is 11.8 Å². The highest BCUT2D eigenvalue weighted by Gasteiger charge is 2.13. The number of carbonyl (C=O) groups is 1. The Morgan fingerprint density at radius 1 is 1.29 bits per heavy atom. The van der Waals surface area contributed by atoms with Crippen LogP contribution in [-0.4, -0.2) is 17.6 Å². The van der Waals surface area contributed by atoms with Crippen LogP contribution < -0.4 is 5.32 Å². The summed E-state index contributed by atoms with van der Waals surface area (Å²) in [6.45, 7) is 0.0617. The fourth-order valence-electron chi connectivity index (χ4n) is 1.55. The van der Waals surface area contributed by atoms with E-state index in [4.69, 9.17) is 5.11 Å². The molecule has 1 aromatic heterocycles. The average molecular weight is 429 g/mol. The molecule has 2 aromatic rings. The highest BCUT2D eigenvalue weighted by Crippen LogP contribution is 2.32. The molecule has 0 bridgehead atoms. The third-order valence-corrected chi connectivity index (χ3v) is 4.85. The minimum atomic E-state index is -0.164. The van der Waals surface area contributed by atoms with Gasteiger partial charge in [0.15, 0.2) is 0 Å². The smallest absolute Gasteiger partial charge is 0.257 e. The molecule has 0 aliphatic rings. The van der Waals surface area contributed by atoms with Crippen LogP contribution >= 0.6 is 43.2 Å². The molecule has 0 unspecified atom stereocenters. The molecule has 0 aliphatic carbocycles. The summed E-state index contributed by atoms with van der Waals surface area (Å²) in [5.41, 5.74) is 2.15. The molecule has 21 heavy (non-hydrogen) atoms. The number of benzene rings is 1. The van der Waals surface area contributed by atoms with Gasteiger partial charge in [0, 0.05) is 17.7 Å². The number of aliphatic hydroxyl groups excluding tert-OH is 1. The second-order valence-electron chi connectivity index (χ2n) is 4.04. The van der Waals surface area contributed by atoms with Crippen LogP contribution in [0.2, 0.25) is 0 Å². The molecular weight excluding hydrogens is 418 g/mol. The summed E-state index contributed by atoms with van der Waals surface area (Å²) in [6.07, 6.45) is 0.458. The van der Waals surface area contributed by atoms with Crippen molar-refractivity contribution in [3.63, 3.8) is 0 Å². The summed E-state index contributed by atoms with van der Waals surface area (Å²) in [5, 5.41) is 11.5. The molecule has 1 heterocycles. The largest absolute Gasteiger partial charge is 0.395 e. The van der Waals surface area contributed by atoms with Gasteiger partial charge in [0.05, 0.1) is 19.7 Å². The van der Waals surface area contributed by atoms with E-state index in [1.54, 1.807) is 18.2 Å². The average Bonchev–Trinajstić information content (AvgIpc) is 2.80. The molecular formula is C15H11Br2NO2S. The van der Waals surface area contributed by atoms with Crippen LogP contribution in [0.3, 0.4) is 0 Å². The molecule has 0 atom stereocenters. The zero-order chi connectivity index (χ0) is 15.2. The van der Waals surface area contributed by atoms with Gasteiger partial charge in [-0.05, 0) is 62.2 Å². The van der Waals surface area contributed by atoms with Crippen molar-refractivity contribution in [3.05, 3.63) is 49.0 Å². The first-order valence-electron chi connectivity index (χ1n) is 6.06. The minimum absolute atomic E-state index is 0.0617. The Balaban J connectivity index is 2.05. The number of aliphatic hydroxyl groups is 1. The number of rotatable bonds is 3. The molecule has 0 fully saturated rings. The van der Waals surface area contributed by atoms with Gasteiger partial charge in [-0.2, -0.15) is 0 Å². The van der Waals surface area contributed by atoms with Crippen molar-refractivity contribution in [2.45, 2.75) is 6.42 Å². The second kappa shape index (κ2) is 7.76. The Kier molecular flexibility index (Phi) is 6.00.